The van der Waals surface area contributed by atoms with E-state index in [0.29, 0.717) is 16.4 Å². The maximum Gasteiger partial charge on any atom is 0.341 e. The first-order valence-electron chi connectivity index (χ1n) is 9.64. The minimum atomic E-state index is -0.658. The Morgan fingerprint density at radius 3 is 2.52 bits per heavy atom. The first-order valence-corrected chi connectivity index (χ1v) is 10.5. The van der Waals surface area contributed by atoms with Crippen molar-refractivity contribution in [2.75, 3.05) is 11.9 Å². The van der Waals surface area contributed by atoms with E-state index in [1.165, 1.54) is 18.3 Å². The number of esters is 1. The molecule has 0 aliphatic rings. The van der Waals surface area contributed by atoms with Crippen LogP contribution >= 0.6 is 11.3 Å². The van der Waals surface area contributed by atoms with Gasteiger partial charge in [0.05, 0.1) is 5.56 Å². The summed E-state index contributed by atoms with van der Waals surface area (Å²) in [6.45, 7) is 4.54. The van der Waals surface area contributed by atoms with Crippen LogP contribution < -0.4 is 10.6 Å². The van der Waals surface area contributed by atoms with Gasteiger partial charge in [-0.3, -0.25) is 9.59 Å². The molecule has 0 spiro atoms. The summed E-state index contributed by atoms with van der Waals surface area (Å²) in [5.41, 5.74) is 1.84. The zero-order chi connectivity index (χ0) is 22.5. The number of amides is 2. The van der Waals surface area contributed by atoms with Crippen molar-refractivity contribution in [3.8, 4) is 0 Å². The molecule has 1 atom stereocenters. The third kappa shape index (κ3) is 5.18. The van der Waals surface area contributed by atoms with Crippen LogP contribution in [0.4, 0.5) is 5.00 Å². The van der Waals surface area contributed by atoms with E-state index in [4.69, 9.17) is 4.74 Å². The Hall–Kier alpha value is -3.46. The molecule has 31 heavy (non-hydrogen) atoms. The number of rotatable bonds is 7. The summed E-state index contributed by atoms with van der Waals surface area (Å²) in [5.74, 6) is -0.748. The minimum Gasteiger partial charge on any atom is -0.452 e. The SMILES string of the molecule is CC(=O)Nc1sc(C)c(C)c1C(=O)OCC(=O)N[C@H](c1ccccc1)c1nccn1C. The summed E-state index contributed by atoms with van der Waals surface area (Å²) in [4.78, 5) is 42.0. The van der Waals surface area contributed by atoms with Crippen LogP contribution in [0.3, 0.4) is 0 Å². The number of nitrogens with zero attached hydrogens (tertiary/aromatic N) is 2. The van der Waals surface area contributed by atoms with E-state index in [9.17, 15) is 14.4 Å². The van der Waals surface area contributed by atoms with Gasteiger partial charge in [0.1, 0.15) is 16.9 Å². The number of hydrogen-bond donors (Lipinski definition) is 2. The third-order valence-corrected chi connectivity index (χ3v) is 5.89. The van der Waals surface area contributed by atoms with Gasteiger partial charge in [-0.05, 0) is 25.0 Å². The Kier molecular flexibility index (Phi) is 6.86. The molecule has 0 aliphatic heterocycles. The van der Waals surface area contributed by atoms with Crippen LogP contribution in [-0.4, -0.2) is 33.9 Å². The van der Waals surface area contributed by atoms with Crippen LogP contribution in [0.1, 0.15) is 45.2 Å². The molecular weight excluding hydrogens is 416 g/mol. The zero-order valence-corrected chi connectivity index (χ0v) is 18.6. The molecule has 2 heterocycles. The Morgan fingerprint density at radius 2 is 1.90 bits per heavy atom. The van der Waals surface area contributed by atoms with E-state index in [1.807, 2.05) is 48.9 Å². The van der Waals surface area contributed by atoms with Crippen molar-refractivity contribution < 1.29 is 19.1 Å². The van der Waals surface area contributed by atoms with Gasteiger partial charge in [0, 0.05) is 31.2 Å². The Morgan fingerprint density at radius 1 is 1.19 bits per heavy atom. The van der Waals surface area contributed by atoms with Gasteiger partial charge in [-0.1, -0.05) is 30.3 Å². The molecule has 3 rings (SSSR count). The molecule has 2 amide bonds. The molecule has 0 saturated carbocycles. The third-order valence-electron chi connectivity index (χ3n) is 4.77. The van der Waals surface area contributed by atoms with E-state index in [2.05, 4.69) is 15.6 Å². The molecule has 8 nitrogen and oxygen atoms in total. The number of imidazole rings is 1. The van der Waals surface area contributed by atoms with Gasteiger partial charge >= 0.3 is 5.97 Å². The highest BCUT2D eigenvalue weighted by Crippen LogP contribution is 2.33. The monoisotopic (exact) mass is 440 g/mol. The number of ether oxygens (including phenoxy) is 1. The molecule has 0 bridgehead atoms. The summed E-state index contributed by atoms with van der Waals surface area (Å²) in [5, 5.41) is 5.95. The molecular formula is C22H24N4O4S. The number of aromatic nitrogens is 2. The molecule has 2 N–H and O–H groups in total. The summed E-state index contributed by atoms with van der Waals surface area (Å²) in [7, 11) is 1.84. The van der Waals surface area contributed by atoms with Gasteiger partial charge < -0.3 is 19.9 Å². The molecule has 9 heteroatoms. The number of benzene rings is 1. The lowest BCUT2D eigenvalue weighted by Gasteiger charge is -2.19. The van der Waals surface area contributed by atoms with Crippen LogP contribution in [0.15, 0.2) is 42.7 Å². The molecule has 1 aromatic carbocycles. The van der Waals surface area contributed by atoms with Gasteiger partial charge in [0.25, 0.3) is 5.91 Å². The van der Waals surface area contributed by atoms with E-state index < -0.39 is 24.5 Å². The van der Waals surface area contributed by atoms with Crippen LogP contribution in [0.25, 0.3) is 0 Å². The Labute approximate surface area is 184 Å². The first kappa shape index (κ1) is 22.2. The maximum absolute atomic E-state index is 12.7. The Balaban J connectivity index is 1.72. The van der Waals surface area contributed by atoms with Crippen LogP contribution in [0.2, 0.25) is 0 Å². The fourth-order valence-corrected chi connectivity index (χ4v) is 4.22. The fourth-order valence-electron chi connectivity index (χ4n) is 3.12. The highest BCUT2D eigenvalue weighted by molar-refractivity contribution is 7.16. The summed E-state index contributed by atoms with van der Waals surface area (Å²) >= 11 is 1.30. The largest absolute Gasteiger partial charge is 0.452 e. The summed E-state index contributed by atoms with van der Waals surface area (Å²) in [6.07, 6.45) is 3.45. The fraction of sp³-hybridized carbons (Fsp3) is 0.273. The predicted molar refractivity (Wildman–Crippen MR) is 118 cm³/mol. The van der Waals surface area contributed by atoms with Crippen LogP contribution in [-0.2, 0) is 21.4 Å². The zero-order valence-electron chi connectivity index (χ0n) is 17.8. The van der Waals surface area contributed by atoms with Crippen molar-refractivity contribution in [1.29, 1.82) is 0 Å². The van der Waals surface area contributed by atoms with Crippen molar-refractivity contribution in [2.45, 2.75) is 26.8 Å². The van der Waals surface area contributed by atoms with Crippen molar-refractivity contribution in [3.63, 3.8) is 0 Å². The maximum atomic E-state index is 12.7. The lowest BCUT2D eigenvalue weighted by molar-refractivity contribution is -0.124. The highest BCUT2D eigenvalue weighted by Gasteiger charge is 2.24. The standard InChI is InChI=1S/C22H24N4O4S/c1-13-14(2)31-21(24-15(3)27)18(13)22(29)30-12-17(28)25-19(16-8-6-5-7-9-16)20-23-10-11-26(20)4/h5-11,19H,12H2,1-4H3,(H,24,27)(H,25,28)/t19-/m1/s1. The highest BCUT2D eigenvalue weighted by atomic mass is 32.1. The Bertz CT molecular complexity index is 1100. The predicted octanol–water partition coefficient (Wildman–Crippen LogP) is 3.12. The van der Waals surface area contributed by atoms with E-state index in [1.54, 1.807) is 19.3 Å². The number of hydrogen-bond acceptors (Lipinski definition) is 6. The molecule has 162 valence electrons. The second-order valence-corrected chi connectivity index (χ2v) is 8.28. The van der Waals surface area contributed by atoms with Gasteiger partial charge in [-0.15, -0.1) is 11.3 Å². The molecule has 0 radical (unpaired) electrons. The average Bonchev–Trinajstić information content (AvgIpc) is 3.27. The molecule has 0 aliphatic carbocycles. The molecule has 3 aromatic rings. The van der Waals surface area contributed by atoms with Gasteiger partial charge in [0.2, 0.25) is 5.91 Å². The number of nitrogens with one attached hydrogen (secondary N) is 2. The lowest BCUT2D eigenvalue weighted by atomic mass is 10.1. The van der Waals surface area contributed by atoms with E-state index >= 15 is 0 Å². The minimum absolute atomic E-state index is 0.272. The first-order chi connectivity index (χ1) is 14.8. The number of aryl methyl sites for hydroxylation is 2. The molecule has 0 saturated heterocycles. The van der Waals surface area contributed by atoms with Crippen molar-refractivity contribution in [1.82, 2.24) is 14.9 Å². The normalized spacial score (nSPS) is 11.6. The second-order valence-electron chi connectivity index (χ2n) is 7.05. The van der Waals surface area contributed by atoms with Crippen LogP contribution in [0.5, 0.6) is 0 Å². The smallest absolute Gasteiger partial charge is 0.341 e. The van der Waals surface area contributed by atoms with Gasteiger partial charge in [-0.25, -0.2) is 9.78 Å². The van der Waals surface area contributed by atoms with E-state index in [0.717, 1.165) is 10.4 Å². The molecule has 0 unspecified atom stereocenters. The molecule has 0 fully saturated rings. The average molecular weight is 441 g/mol. The van der Waals surface area contributed by atoms with Crippen molar-refractivity contribution >= 4 is 34.1 Å². The number of thiophene rings is 1. The number of anilines is 1. The van der Waals surface area contributed by atoms with E-state index in [-0.39, 0.29) is 11.5 Å². The quantitative estimate of drug-likeness (QED) is 0.550. The topological polar surface area (TPSA) is 102 Å². The van der Waals surface area contributed by atoms with Crippen LogP contribution in [0, 0.1) is 13.8 Å². The lowest BCUT2D eigenvalue weighted by Crippen LogP contribution is -2.34. The number of carbonyl (C=O) groups is 3. The van der Waals surface area contributed by atoms with Crippen molar-refractivity contribution in [3.05, 3.63) is 70.1 Å². The summed E-state index contributed by atoms with van der Waals surface area (Å²) in [6, 6.07) is 8.93. The van der Waals surface area contributed by atoms with Crippen molar-refractivity contribution in [2.24, 2.45) is 7.05 Å². The second kappa shape index (κ2) is 9.57. The van der Waals surface area contributed by atoms with Gasteiger partial charge in [0.15, 0.2) is 6.61 Å². The molecule has 2 aromatic heterocycles. The summed E-state index contributed by atoms with van der Waals surface area (Å²) < 4.78 is 7.09. The number of carbonyl (C=O) groups excluding carboxylic acids is 3. The van der Waals surface area contributed by atoms with Gasteiger partial charge in [-0.2, -0.15) is 0 Å².